The van der Waals surface area contributed by atoms with Crippen LogP contribution < -0.4 is 10.1 Å². The van der Waals surface area contributed by atoms with E-state index in [0.717, 1.165) is 22.4 Å². The lowest BCUT2D eigenvalue weighted by molar-refractivity contribution is -0.134. The van der Waals surface area contributed by atoms with E-state index in [1.54, 1.807) is 19.2 Å². The lowest BCUT2D eigenvalue weighted by Gasteiger charge is -2.38. The highest BCUT2D eigenvalue weighted by molar-refractivity contribution is 5.80. The van der Waals surface area contributed by atoms with Gasteiger partial charge in [0.05, 0.1) is 6.04 Å². The number of aromatic nitrogens is 1. The van der Waals surface area contributed by atoms with Gasteiger partial charge in [0.25, 0.3) is 5.91 Å². The number of halogens is 1. The second-order valence-corrected chi connectivity index (χ2v) is 9.88. The van der Waals surface area contributed by atoms with Crippen molar-refractivity contribution in [1.82, 2.24) is 15.2 Å². The molecule has 6 nitrogen and oxygen atoms in total. The first-order chi connectivity index (χ1) is 17.8. The van der Waals surface area contributed by atoms with E-state index >= 15 is 0 Å². The lowest BCUT2D eigenvalue weighted by atomic mass is 9.87. The normalized spacial score (nSPS) is 15.7. The van der Waals surface area contributed by atoms with Crippen molar-refractivity contribution >= 4 is 11.8 Å². The van der Waals surface area contributed by atoms with Crippen LogP contribution in [0.2, 0.25) is 0 Å². The Balaban J connectivity index is 1.52. The monoisotopic (exact) mass is 503 g/mol. The molecular weight excluding hydrogens is 469 g/mol. The largest absolute Gasteiger partial charge is 0.481 e. The van der Waals surface area contributed by atoms with Gasteiger partial charge in [-0.15, -0.1) is 0 Å². The summed E-state index contributed by atoms with van der Waals surface area (Å²) in [7, 11) is 0. The fraction of sp³-hybridized carbons (Fsp3) is 0.367. The maximum absolute atomic E-state index is 14.2. The number of nitrogens with one attached hydrogen (secondary N) is 1. The first-order valence-corrected chi connectivity index (χ1v) is 12.8. The highest BCUT2D eigenvalue weighted by Crippen LogP contribution is 2.38. The second kappa shape index (κ2) is 12.0. The van der Waals surface area contributed by atoms with Gasteiger partial charge in [0.15, 0.2) is 6.10 Å². The standard InChI is InChI=1S/C30H34FN3O3/c1-20(2)17-28(35)34-16-13-22-10-11-26(19-27(22)29(34)23-7-6-8-24(31)18-23)37-21(3)30(36)33-15-12-25-9-4-5-14-32-25/h4-11,14,18-21,29H,12-13,15-17H2,1-3H3,(H,33,36)/t21-,29+/m1/s1. The number of carbonyl (C=O) groups is 2. The number of ether oxygens (including phenoxy) is 1. The van der Waals surface area contributed by atoms with Crippen LogP contribution in [0.15, 0.2) is 66.9 Å². The Morgan fingerprint density at radius 1 is 1.11 bits per heavy atom. The van der Waals surface area contributed by atoms with Crippen LogP contribution in [0.3, 0.4) is 0 Å². The fourth-order valence-corrected chi connectivity index (χ4v) is 4.70. The van der Waals surface area contributed by atoms with Gasteiger partial charge in [-0.1, -0.05) is 38.1 Å². The summed E-state index contributed by atoms with van der Waals surface area (Å²) in [6.45, 7) is 6.76. The van der Waals surface area contributed by atoms with E-state index in [-0.39, 0.29) is 23.5 Å². The Hall–Kier alpha value is -3.74. The molecule has 0 unspecified atom stereocenters. The van der Waals surface area contributed by atoms with E-state index in [4.69, 9.17) is 4.74 Å². The number of hydrogen-bond acceptors (Lipinski definition) is 4. The molecule has 2 atom stereocenters. The number of pyridine rings is 1. The van der Waals surface area contributed by atoms with Gasteiger partial charge >= 0.3 is 0 Å². The van der Waals surface area contributed by atoms with Gasteiger partial charge in [-0.3, -0.25) is 14.6 Å². The molecule has 1 N–H and O–H groups in total. The van der Waals surface area contributed by atoms with Gasteiger partial charge in [0, 0.05) is 37.8 Å². The molecule has 37 heavy (non-hydrogen) atoms. The van der Waals surface area contributed by atoms with Crippen molar-refractivity contribution in [2.24, 2.45) is 5.92 Å². The number of fused-ring (bicyclic) bond motifs is 1. The number of nitrogens with zero attached hydrogens (tertiary/aromatic N) is 2. The van der Waals surface area contributed by atoms with Gasteiger partial charge in [-0.05, 0) is 72.4 Å². The van der Waals surface area contributed by atoms with Gasteiger partial charge in [0.1, 0.15) is 11.6 Å². The summed E-state index contributed by atoms with van der Waals surface area (Å²) < 4.78 is 20.2. The van der Waals surface area contributed by atoms with E-state index in [2.05, 4.69) is 10.3 Å². The minimum absolute atomic E-state index is 0.0434. The quantitative estimate of drug-likeness (QED) is 0.452. The lowest BCUT2D eigenvalue weighted by Crippen LogP contribution is -2.41. The highest BCUT2D eigenvalue weighted by Gasteiger charge is 2.33. The van der Waals surface area contributed by atoms with Gasteiger partial charge in [-0.2, -0.15) is 0 Å². The van der Waals surface area contributed by atoms with Crippen LogP contribution in [-0.2, 0) is 22.4 Å². The van der Waals surface area contributed by atoms with Gasteiger partial charge < -0.3 is 15.0 Å². The van der Waals surface area contributed by atoms with Crippen LogP contribution in [0.5, 0.6) is 5.75 Å². The third-order valence-electron chi connectivity index (χ3n) is 6.50. The Labute approximate surface area is 217 Å². The summed E-state index contributed by atoms with van der Waals surface area (Å²) in [6, 6.07) is 17.4. The molecule has 2 aromatic carbocycles. The molecule has 0 spiro atoms. The van der Waals surface area contributed by atoms with Crippen LogP contribution in [-0.4, -0.2) is 40.9 Å². The third kappa shape index (κ3) is 6.73. The average molecular weight is 504 g/mol. The number of benzene rings is 2. The van der Waals surface area contributed by atoms with Crippen LogP contribution >= 0.6 is 0 Å². The second-order valence-electron chi connectivity index (χ2n) is 9.88. The summed E-state index contributed by atoms with van der Waals surface area (Å²) in [5, 5.41) is 2.90. The fourth-order valence-electron chi connectivity index (χ4n) is 4.70. The van der Waals surface area contributed by atoms with E-state index in [9.17, 15) is 14.0 Å². The third-order valence-corrected chi connectivity index (χ3v) is 6.50. The summed E-state index contributed by atoms with van der Waals surface area (Å²) in [6.07, 6.45) is 2.78. The molecule has 7 heteroatoms. The maximum Gasteiger partial charge on any atom is 0.260 e. The van der Waals surface area contributed by atoms with Gasteiger partial charge in [0.2, 0.25) is 5.91 Å². The van der Waals surface area contributed by atoms with Crippen LogP contribution in [0, 0.1) is 11.7 Å². The molecular formula is C30H34FN3O3. The highest BCUT2D eigenvalue weighted by atomic mass is 19.1. The van der Waals surface area contributed by atoms with E-state index < -0.39 is 12.1 Å². The minimum atomic E-state index is -0.711. The molecule has 0 saturated heterocycles. The first-order valence-electron chi connectivity index (χ1n) is 12.8. The van der Waals surface area contributed by atoms with Crippen LogP contribution in [0.1, 0.15) is 55.6 Å². The average Bonchev–Trinajstić information content (AvgIpc) is 2.88. The molecule has 0 radical (unpaired) electrons. The summed E-state index contributed by atoms with van der Waals surface area (Å²) in [5.41, 5.74) is 3.61. The Kier molecular flexibility index (Phi) is 8.54. The van der Waals surface area contributed by atoms with Crippen LogP contribution in [0.25, 0.3) is 0 Å². The Morgan fingerprint density at radius 3 is 2.68 bits per heavy atom. The van der Waals surface area contributed by atoms with Crippen molar-refractivity contribution in [3.8, 4) is 5.75 Å². The maximum atomic E-state index is 14.2. The topological polar surface area (TPSA) is 71.5 Å². The van der Waals surface area contributed by atoms with Gasteiger partial charge in [-0.25, -0.2) is 4.39 Å². The van der Waals surface area contributed by atoms with E-state index in [1.807, 2.05) is 61.2 Å². The number of carbonyl (C=O) groups excluding carboxylic acids is 2. The smallest absolute Gasteiger partial charge is 0.260 e. The zero-order valence-electron chi connectivity index (χ0n) is 21.6. The number of hydrogen-bond donors (Lipinski definition) is 1. The molecule has 1 aliphatic rings. The summed E-state index contributed by atoms with van der Waals surface area (Å²) >= 11 is 0. The summed E-state index contributed by atoms with van der Waals surface area (Å²) in [5.74, 6) is 0.231. The molecule has 2 heterocycles. The zero-order valence-corrected chi connectivity index (χ0v) is 21.6. The molecule has 1 aromatic heterocycles. The van der Waals surface area contributed by atoms with Crippen LogP contribution in [0.4, 0.5) is 4.39 Å². The van der Waals surface area contributed by atoms with Crippen molar-refractivity contribution in [2.75, 3.05) is 13.1 Å². The molecule has 3 aromatic rings. The summed E-state index contributed by atoms with van der Waals surface area (Å²) in [4.78, 5) is 31.9. The SMILES string of the molecule is CC(C)CC(=O)N1CCc2ccc(O[C@H](C)C(=O)NCCc3ccccn3)cc2[C@@H]1c1cccc(F)c1. The van der Waals surface area contributed by atoms with Crippen molar-refractivity contribution < 1.29 is 18.7 Å². The molecule has 194 valence electrons. The Bertz CT molecular complexity index is 1230. The van der Waals surface area contributed by atoms with E-state index in [0.29, 0.717) is 38.1 Å². The Morgan fingerprint density at radius 2 is 1.95 bits per heavy atom. The molecule has 0 fully saturated rings. The predicted molar refractivity (Wildman–Crippen MR) is 141 cm³/mol. The van der Waals surface area contributed by atoms with E-state index in [1.165, 1.54) is 12.1 Å². The molecule has 4 rings (SSSR count). The minimum Gasteiger partial charge on any atom is -0.481 e. The van der Waals surface area contributed by atoms with Crippen molar-refractivity contribution in [3.05, 3.63) is 95.1 Å². The van der Waals surface area contributed by atoms with Crippen molar-refractivity contribution in [1.29, 1.82) is 0 Å². The first kappa shape index (κ1) is 26.3. The number of rotatable bonds is 9. The molecule has 1 aliphatic heterocycles. The molecule has 2 amide bonds. The zero-order chi connectivity index (χ0) is 26.4. The predicted octanol–water partition coefficient (Wildman–Crippen LogP) is 4.87. The molecule has 0 bridgehead atoms. The van der Waals surface area contributed by atoms with Crippen molar-refractivity contribution in [2.45, 2.75) is 52.2 Å². The molecule has 0 aliphatic carbocycles. The van der Waals surface area contributed by atoms with Crippen molar-refractivity contribution in [3.63, 3.8) is 0 Å². The molecule has 0 saturated carbocycles. The number of amides is 2.